The third-order valence-electron chi connectivity index (χ3n) is 14.4. The quantitative estimate of drug-likeness (QED) is 0.0687. The van der Waals surface area contributed by atoms with Crippen molar-refractivity contribution in [1.29, 1.82) is 0 Å². The van der Waals surface area contributed by atoms with Gasteiger partial charge in [0.05, 0.1) is 11.7 Å². The van der Waals surface area contributed by atoms with Gasteiger partial charge in [-0.15, -0.1) is 0 Å². The topological polar surface area (TPSA) is 75.9 Å². The highest BCUT2D eigenvalue weighted by Crippen LogP contribution is 2.42. The third kappa shape index (κ3) is 11.0. The number of rotatable bonds is 13. The summed E-state index contributed by atoms with van der Waals surface area (Å²) < 4.78 is 6.37. The molecule has 5 nitrogen and oxygen atoms in total. The third-order valence-corrected chi connectivity index (χ3v) is 14.4. The Morgan fingerprint density at radius 3 is 2.17 bits per heavy atom. The maximum atomic E-state index is 7.14. The highest BCUT2D eigenvalue weighted by molar-refractivity contribution is 6.12. The lowest BCUT2D eigenvalue weighted by atomic mass is 9.89. The van der Waals surface area contributed by atoms with Crippen molar-refractivity contribution in [3.8, 4) is 44.5 Å². The molecule has 0 saturated carbocycles. The largest absolute Gasteiger partial charge is 0.456 e. The molecule has 0 fully saturated rings. The van der Waals surface area contributed by atoms with Gasteiger partial charge in [-0.1, -0.05) is 214 Å². The van der Waals surface area contributed by atoms with E-state index in [0.717, 1.165) is 97.0 Å². The number of fused-ring (bicyclic) bond motifs is 6. The van der Waals surface area contributed by atoms with Crippen LogP contribution in [0.3, 0.4) is 0 Å². The summed E-state index contributed by atoms with van der Waals surface area (Å²) in [5, 5.41) is 6.04. The van der Waals surface area contributed by atoms with Gasteiger partial charge in [-0.2, -0.15) is 4.99 Å². The van der Waals surface area contributed by atoms with Crippen LogP contribution < -0.4 is 11.1 Å². The summed E-state index contributed by atoms with van der Waals surface area (Å²) in [7, 11) is 0. The molecule has 0 bridgehead atoms. The second-order valence-electron chi connectivity index (χ2n) is 19.3. The van der Waals surface area contributed by atoms with E-state index >= 15 is 0 Å². The second kappa shape index (κ2) is 23.1. The van der Waals surface area contributed by atoms with E-state index in [-0.39, 0.29) is 6.04 Å². The number of furan rings is 1. The predicted molar refractivity (Wildman–Crippen MR) is 323 cm³/mol. The van der Waals surface area contributed by atoms with Crippen molar-refractivity contribution in [2.45, 2.75) is 80.7 Å². The first-order valence-corrected chi connectivity index (χ1v) is 26.5. The van der Waals surface area contributed by atoms with E-state index in [0.29, 0.717) is 11.8 Å². The Balaban J connectivity index is 0.00000340. The molecule has 0 saturated heterocycles. The molecule has 1 heterocycles. The standard InChI is InChI=1S/C68H62N4O.C2H6/c1-8-18-49-20-16-26-60(56(49)10-3)63-27-17-25-59(53-22-15-21-51(39-53)48-31-29-47(30-32-48)38-45(6)44(5)37-43(4)9-2)66(63)71-68(70-46(7)50-33-36-62-61-24-13-14-28-64(61)73-65(62)42-50)72-67(69)54-34-35-58-55(41-54)40-52-19-11-12-23-57(52)58;1-2/h8-9,11-37,39,41-42,46H,2,10,38,40H2,1,3-7H3,(H3,69,70,71,72);1-2H3/b18-8-,43-37-,45-44+;. The van der Waals surface area contributed by atoms with E-state index in [1.807, 2.05) is 38.1 Å². The molecule has 5 heteroatoms. The lowest BCUT2D eigenvalue weighted by molar-refractivity contribution is 0.667. The van der Waals surface area contributed by atoms with Crippen LogP contribution in [0.1, 0.15) is 100 Å². The molecule has 1 aliphatic carbocycles. The number of hydrogen-bond acceptors (Lipinski definition) is 2. The van der Waals surface area contributed by atoms with E-state index in [1.165, 1.54) is 50.1 Å². The maximum absolute atomic E-state index is 7.14. The number of amidine groups is 1. The fraction of sp³-hybridized carbons (Fsp3) is 0.171. The Labute approximate surface area is 444 Å². The number of nitrogens with two attached hydrogens (primary N) is 1. The minimum absolute atomic E-state index is 0.326. The normalized spacial score (nSPS) is 13.3. The molecule has 374 valence electrons. The summed E-state index contributed by atoms with van der Waals surface area (Å²) >= 11 is 0. The molecule has 10 rings (SSSR count). The van der Waals surface area contributed by atoms with Gasteiger partial charge < -0.3 is 15.5 Å². The van der Waals surface area contributed by atoms with Gasteiger partial charge in [-0.25, -0.2) is 4.99 Å². The van der Waals surface area contributed by atoms with E-state index in [2.05, 4.69) is 223 Å². The summed E-state index contributed by atoms with van der Waals surface area (Å²) in [5.41, 5.74) is 30.7. The Bertz CT molecular complexity index is 3730. The SMILES string of the molecule is C=C/C(C)=C\C(C)=C(/C)Cc1ccc(-c2cccc(-c3cccc(-c4cccc(/C=C\C)c4CC)c3NC(=NC(C)c3ccc4c(c3)oc3ccccc34)/N=C(\N)c3ccc4c(c3)Cc3ccccc3-4)c2)cc1.CC. The molecule has 75 heavy (non-hydrogen) atoms. The Kier molecular flexibility index (Phi) is 15.8. The fourth-order valence-electron chi connectivity index (χ4n) is 10.3. The molecule has 1 aliphatic rings. The van der Waals surface area contributed by atoms with Crippen LogP contribution in [0.25, 0.3) is 72.5 Å². The molecule has 0 aliphatic heterocycles. The molecule has 0 radical (unpaired) electrons. The number of anilines is 1. The Morgan fingerprint density at radius 2 is 1.37 bits per heavy atom. The number of benzene rings is 8. The zero-order valence-corrected chi connectivity index (χ0v) is 44.8. The van der Waals surface area contributed by atoms with Gasteiger partial charge in [0.15, 0.2) is 0 Å². The Hall–Kier alpha value is -8.54. The number of nitrogens with zero attached hydrogens (tertiary/aromatic N) is 2. The molecule has 0 spiro atoms. The highest BCUT2D eigenvalue weighted by Gasteiger charge is 2.22. The van der Waals surface area contributed by atoms with Gasteiger partial charge in [0.1, 0.15) is 17.0 Å². The molecule has 9 aromatic rings. The number of guanidine groups is 1. The monoisotopic (exact) mass is 981 g/mol. The zero-order chi connectivity index (χ0) is 52.6. The van der Waals surface area contributed by atoms with Gasteiger partial charge >= 0.3 is 0 Å². The molecule has 1 unspecified atom stereocenters. The summed E-state index contributed by atoms with van der Waals surface area (Å²) in [6, 6.07) is 60.2. The number of para-hydroxylation sites is 2. The van der Waals surface area contributed by atoms with Crippen LogP contribution in [0.5, 0.6) is 0 Å². The van der Waals surface area contributed by atoms with Crippen LogP contribution in [-0.4, -0.2) is 11.8 Å². The fourth-order valence-corrected chi connectivity index (χ4v) is 10.3. The predicted octanol–water partition coefficient (Wildman–Crippen LogP) is 18.7. The smallest absolute Gasteiger partial charge is 0.225 e. The molecule has 0 amide bonds. The van der Waals surface area contributed by atoms with Crippen molar-refractivity contribution < 1.29 is 4.42 Å². The summed E-state index contributed by atoms with van der Waals surface area (Å²) in [4.78, 5) is 10.7. The van der Waals surface area contributed by atoms with Crippen molar-refractivity contribution in [2.75, 3.05) is 5.32 Å². The van der Waals surface area contributed by atoms with Crippen molar-refractivity contribution in [3.63, 3.8) is 0 Å². The summed E-state index contributed by atoms with van der Waals surface area (Å²) in [5.74, 6) is 0.777. The summed E-state index contributed by atoms with van der Waals surface area (Å²) in [6.07, 6.45) is 11.0. The molecule has 8 aromatic carbocycles. The van der Waals surface area contributed by atoms with E-state index < -0.39 is 0 Å². The lowest BCUT2D eigenvalue weighted by Crippen LogP contribution is -2.21. The summed E-state index contributed by atoms with van der Waals surface area (Å²) in [6.45, 7) is 20.8. The second-order valence-corrected chi connectivity index (χ2v) is 19.3. The van der Waals surface area contributed by atoms with Crippen LogP contribution in [0, 0.1) is 0 Å². The molecule has 3 N–H and O–H groups in total. The average molecular weight is 981 g/mol. The van der Waals surface area contributed by atoms with Gasteiger partial charge in [-0.3, -0.25) is 0 Å². The zero-order valence-electron chi connectivity index (χ0n) is 44.8. The van der Waals surface area contributed by atoms with Crippen molar-refractivity contribution >= 4 is 45.5 Å². The van der Waals surface area contributed by atoms with E-state index in [1.54, 1.807) is 0 Å². The number of nitrogens with one attached hydrogen (secondary N) is 1. The number of allylic oxidation sites excluding steroid dienone is 6. The van der Waals surface area contributed by atoms with E-state index in [9.17, 15) is 0 Å². The maximum Gasteiger partial charge on any atom is 0.225 e. The molecular weight excluding hydrogens is 913 g/mol. The van der Waals surface area contributed by atoms with Gasteiger partial charge in [0.2, 0.25) is 5.96 Å². The van der Waals surface area contributed by atoms with Crippen LogP contribution >= 0.6 is 0 Å². The first kappa shape index (κ1) is 51.4. The molecule has 1 aromatic heterocycles. The molecular formula is C70H68N4O. The van der Waals surface area contributed by atoms with Gasteiger partial charge in [0, 0.05) is 27.5 Å². The van der Waals surface area contributed by atoms with E-state index in [4.69, 9.17) is 20.1 Å². The average Bonchev–Trinajstić information content (AvgIpc) is 4.02. The van der Waals surface area contributed by atoms with Crippen LogP contribution in [0.15, 0.2) is 226 Å². The van der Waals surface area contributed by atoms with Crippen molar-refractivity contribution in [1.82, 2.24) is 0 Å². The van der Waals surface area contributed by atoms with Crippen molar-refractivity contribution in [3.05, 3.63) is 250 Å². The first-order chi connectivity index (χ1) is 36.6. The minimum atomic E-state index is -0.326. The first-order valence-electron chi connectivity index (χ1n) is 26.5. The molecule has 1 atom stereocenters. The van der Waals surface area contributed by atoms with Crippen molar-refractivity contribution in [2.24, 2.45) is 15.7 Å². The minimum Gasteiger partial charge on any atom is -0.456 e. The number of hydrogen-bond donors (Lipinski definition) is 2. The highest BCUT2D eigenvalue weighted by atomic mass is 16.3. The number of aliphatic imine (C=N–C) groups is 2. The van der Waals surface area contributed by atoms with Crippen LogP contribution in [0.4, 0.5) is 5.69 Å². The van der Waals surface area contributed by atoms with Crippen LogP contribution in [-0.2, 0) is 19.3 Å². The van der Waals surface area contributed by atoms with Gasteiger partial charge in [0.25, 0.3) is 0 Å². The van der Waals surface area contributed by atoms with Gasteiger partial charge in [-0.05, 0) is 145 Å². The Morgan fingerprint density at radius 1 is 0.680 bits per heavy atom. The lowest BCUT2D eigenvalue weighted by Gasteiger charge is -2.21. The van der Waals surface area contributed by atoms with Crippen LogP contribution in [0.2, 0.25) is 0 Å².